The molecule has 1 saturated carbocycles. The highest BCUT2D eigenvalue weighted by atomic mass is 16.7. The summed E-state index contributed by atoms with van der Waals surface area (Å²) < 4.78 is 0. The Morgan fingerprint density at radius 1 is 1.27 bits per heavy atom. The van der Waals surface area contributed by atoms with Crippen LogP contribution in [0.5, 0.6) is 0 Å². The highest BCUT2D eigenvalue weighted by Crippen LogP contribution is 2.28. The molecule has 0 unspecified atom stereocenters. The average Bonchev–Trinajstić information content (AvgIpc) is 3.09. The van der Waals surface area contributed by atoms with Gasteiger partial charge in [-0.25, -0.2) is 5.48 Å². The van der Waals surface area contributed by atoms with Crippen molar-refractivity contribution in [1.82, 2.24) is 10.4 Å². The fourth-order valence-corrected chi connectivity index (χ4v) is 1.91. The third-order valence-corrected chi connectivity index (χ3v) is 3.08. The van der Waals surface area contributed by atoms with E-state index in [0.29, 0.717) is 6.61 Å². The molecule has 1 N–H and O–H groups in total. The number of nitrogens with one attached hydrogen (secondary N) is 1. The van der Waals surface area contributed by atoms with Crippen LogP contribution in [0.4, 0.5) is 0 Å². The number of likely N-dealkylation sites (tertiary alicyclic amines) is 1. The lowest BCUT2D eigenvalue weighted by molar-refractivity contribution is -0.135. The van der Waals surface area contributed by atoms with E-state index in [-0.39, 0.29) is 11.8 Å². The molecular weight excluding hydrogens is 192 g/mol. The molecule has 1 heterocycles. The fourth-order valence-electron chi connectivity index (χ4n) is 1.91. The van der Waals surface area contributed by atoms with Gasteiger partial charge in [-0.2, -0.15) is 0 Å². The van der Waals surface area contributed by atoms with Crippen molar-refractivity contribution >= 4 is 5.91 Å². The number of rotatable bonds is 5. The van der Waals surface area contributed by atoms with E-state index < -0.39 is 0 Å². The molecule has 4 nitrogen and oxygen atoms in total. The lowest BCUT2D eigenvalue weighted by atomic mass is 10.1. The predicted molar refractivity (Wildman–Crippen MR) is 57.1 cm³/mol. The third kappa shape index (κ3) is 3.80. The number of hydroxylamine groups is 1. The van der Waals surface area contributed by atoms with Gasteiger partial charge in [0.2, 0.25) is 5.91 Å². The summed E-state index contributed by atoms with van der Waals surface area (Å²) in [6.45, 7) is 3.91. The summed E-state index contributed by atoms with van der Waals surface area (Å²) in [7, 11) is 0. The van der Waals surface area contributed by atoms with Crippen molar-refractivity contribution in [1.29, 1.82) is 0 Å². The predicted octanol–water partition coefficient (Wildman–Crippen LogP) is 0.930. The first-order chi connectivity index (χ1) is 7.36. The normalized spacial score (nSPS) is 22.7. The number of hydrogen-bond donors (Lipinski definition) is 1. The summed E-state index contributed by atoms with van der Waals surface area (Å²) in [5.74, 6) is 0.300. The van der Waals surface area contributed by atoms with Gasteiger partial charge in [-0.15, -0.1) is 0 Å². The standard InChI is InChI=1S/C11H20N2O2/c14-11(10-4-5-10)12-15-9-8-13-6-2-1-3-7-13/h10H,1-9H2,(H,12,14). The van der Waals surface area contributed by atoms with E-state index in [2.05, 4.69) is 10.4 Å². The van der Waals surface area contributed by atoms with Gasteiger partial charge in [0.15, 0.2) is 0 Å². The Morgan fingerprint density at radius 3 is 2.67 bits per heavy atom. The van der Waals surface area contributed by atoms with Crippen LogP contribution in [0.25, 0.3) is 0 Å². The smallest absolute Gasteiger partial charge is 0.246 e. The van der Waals surface area contributed by atoms with Crippen molar-refractivity contribution in [3.63, 3.8) is 0 Å². The van der Waals surface area contributed by atoms with Crippen LogP contribution < -0.4 is 5.48 Å². The number of nitrogens with zero attached hydrogens (tertiary/aromatic N) is 1. The highest BCUT2D eigenvalue weighted by molar-refractivity contribution is 5.79. The summed E-state index contributed by atoms with van der Waals surface area (Å²) in [5, 5.41) is 0. The van der Waals surface area contributed by atoms with Crippen molar-refractivity contribution in [2.45, 2.75) is 32.1 Å². The summed E-state index contributed by atoms with van der Waals surface area (Å²) in [4.78, 5) is 18.8. The number of carbonyl (C=O) groups excluding carboxylic acids is 1. The Balaban J connectivity index is 1.48. The Kier molecular flexibility index (Phi) is 3.97. The lowest BCUT2D eigenvalue weighted by Crippen LogP contribution is -2.35. The molecule has 0 aromatic carbocycles. The van der Waals surface area contributed by atoms with Crippen molar-refractivity contribution in [3.8, 4) is 0 Å². The molecule has 1 amide bonds. The summed E-state index contributed by atoms with van der Waals surface area (Å²) in [6.07, 6.45) is 6.02. The minimum atomic E-state index is 0.0636. The van der Waals surface area contributed by atoms with E-state index in [1.807, 2.05) is 0 Å². The monoisotopic (exact) mass is 212 g/mol. The van der Waals surface area contributed by atoms with E-state index in [1.54, 1.807) is 0 Å². The zero-order valence-electron chi connectivity index (χ0n) is 9.21. The van der Waals surface area contributed by atoms with Crippen LogP contribution in [-0.4, -0.2) is 37.0 Å². The van der Waals surface area contributed by atoms with Crippen molar-refractivity contribution < 1.29 is 9.63 Å². The van der Waals surface area contributed by atoms with E-state index in [1.165, 1.54) is 32.4 Å². The molecule has 15 heavy (non-hydrogen) atoms. The molecule has 86 valence electrons. The molecule has 2 rings (SSSR count). The van der Waals surface area contributed by atoms with Crippen LogP contribution in [0, 0.1) is 5.92 Å². The molecule has 0 atom stereocenters. The van der Waals surface area contributed by atoms with Gasteiger partial charge in [0, 0.05) is 12.5 Å². The molecule has 1 aliphatic carbocycles. The maximum absolute atomic E-state index is 11.2. The Bertz CT molecular complexity index is 211. The molecule has 2 aliphatic rings. The zero-order valence-corrected chi connectivity index (χ0v) is 9.21. The van der Waals surface area contributed by atoms with Crippen molar-refractivity contribution in [3.05, 3.63) is 0 Å². The van der Waals surface area contributed by atoms with Gasteiger partial charge in [-0.05, 0) is 38.8 Å². The first-order valence-electron chi connectivity index (χ1n) is 6.00. The van der Waals surface area contributed by atoms with Crippen molar-refractivity contribution in [2.24, 2.45) is 5.92 Å². The number of amides is 1. The van der Waals surface area contributed by atoms with Gasteiger partial charge >= 0.3 is 0 Å². The third-order valence-electron chi connectivity index (χ3n) is 3.08. The van der Waals surface area contributed by atoms with Crippen molar-refractivity contribution in [2.75, 3.05) is 26.2 Å². The van der Waals surface area contributed by atoms with Gasteiger partial charge in [0.1, 0.15) is 0 Å². The van der Waals surface area contributed by atoms with Crippen LogP contribution in [0.15, 0.2) is 0 Å². The molecule has 0 bridgehead atoms. The van der Waals surface area contributed by atoms with Crippen LogP contribution >= 0.6 is 0 Å². The fraction of sp³-hybridized carbons (Fsp3) is 0.909. The number of hydrogen-bond acceptors (Lipinski definition) is 3. The van der Waals surface area contributed by atoms with Crippen LogP contribution in [0.3, 0.4) is 0 Å². The largest absolute Gasteiger partial charge is 0.301 e. The SMILES string of the molecule is O=C(NOCCN1CCCCC1)C1CC1. The molecule has 2 fully saturated rings. The number of piperidine rings is 1. The van der Waals surface area contributed by atoms with E-state index in [4.69, 9.17) is 4.84 Å². The van der Waals surface area contributed by atoms with Crippen LogP contribution in [0.2, 0.25) is 0 Å². The molecule has 0 aromatic heterocycles. The molecule has 1 aliphatic heterocycles. The molecular formula is C11H20N2O2. The molecule has 0 spiro atoms. The lowest BCUT2D eigenvalue weighted by Gasteiger charge is -2.25. The molecule has 1 saturated heterocycles. The summed E-state index contributed by atoms with van der Waals surface area (Å²) >= 11 is 0. The van der Waals surface area contributed by atoms with Crippen LogP contribution in [-0.2, 0) is 9.63 Å². The highest BCUT2D eigenvalue weighted by Gasteiger charge is 2.29. The van der Waals surface area contributed by atoms with Gasteiger partial charge in [-0.3, -0.25) is 9.63 Å². The minimum Gasteiger partial charge on any atom is -0.301 e. The summed E-state index contributed by atoms with van der Waals surface area (Å²) in [6, 6.07) is 0. The second-order valence-corrected chi connectivity index (χ2v) is 4.49. The molecule has 0 aromatic rings. The second-order valence-electron chi connectivity index (χ2n) is 4.49. The second kappa shape index (κ2) is 5.47. The van der Waals surface area contributed by atoms with Gasteiger partial charge in [0.05, 0.1) is 6.61 Å². The Labute approximate surface area is 90.9 Å². The first kappa shape index (κ1) is 10.9. The van der Waals surface area contributed by atoms with Crippen LogP contribution in [0.1, 0.15) is 32.1 Å². The van der Waals surface area contributed by atoms with E-state index in [0.717, 1.165) is 19.4 Å². The zero-order chi connectivity index (χ0) is 10.5. The van der Waals surface area contributed by atoms with Gasteiger partial charge in [-0.1, -0.05) is 6.42 Å². The minimum absolute atomic E-state index is 0.0636. The quantitative estimate of drug-likeness (QED) is 0.544. The van der Waals surface area contributed by atoms with Gasteiger partial charge < -0.3 is 4.90 Å². The van der Waals surface area contributed by atoms with Gasteiger partial charge in [0.25, 0.3) is 0 Å². The molecule has 0 radical (unpaired) electrons. The average molecular weight is 212 g/mol. The first-order valence-corrected chi connectivity index (χ1v) is 6.00. The van der Waals surface area contributed by atoms with E-state index >= 15 is 0 Å². The Hall–Kier alpha value is -0.610. The topological polar surface area (TPSA) is 41.6 Å². The maximum atomic E-state index is 11.2. The Morgan fingerprint density at radius 2 is 2.00 bits per heavy atom. The summed E-state index contributed by atoms with van der Waals surface area (Å²) in [5.41, 5.74) is 2.52. The maximum Gasteiger partial charge on any atom is 0.246 e. The van der Waals surface area contributed by atoms with E-state index in [9.17, 15) is 4.79 Å². The number of carbonyl (C=O) groups is 1. The molecule has 4 heteroatoms.